The van der Waals surface area contributed by atoms with Crippen LogP contribution in [-0.4, -0.2) is 54.1 Å². The van der Waals surface area contributed by atoms with Crippen molar-refractivity contribution >= 4 is 27.5 Å². The molecule has 1 aromatic heterocycles. The van der Waals surface area contributed by atoms with Gasteiger partial charge in [0.25, 0.3) is 5.91 Å². The molecule has 1 saturated heterocycles. The average Bonchev–Trinajstić information content (AvgIpc) is 2.85. The highest BCUT2D eigenvalue weighted by Gasteiger charge is 2.34. The molecule has 1 aliphatic rings. The maximum Gasteiger partial charge on any atom is 0.255 e. The molecule has 0 unspecified atom stereocenters. The molecule has 0 aliphatic carbocycles. The van der Waals surface area contributed by atoms with Crippen LogP contribution in [0, 0.1) is 0 Å². The number of pyridine rings is 1. The minimum Gasteiger partial charge on any atom is -0.331 e. The van der Waals surface area contributed by atoms with Crippen molar-refractivity contribution in [1.82, 2.24) is 9.88 Å². The normalized spacial score (nSPS) is 19.8. The second-order valence-electron chi connectivity index (χ2n) is 5.12. The fraction of sp³-hybridized carbons (Fsp3) is 0.467. The number of nitrogens with zero attached hydrogens (tertiary/aromatic N) is 2. The Morgan fingerprint density at radius 3 is 2.82 bits per heavy atom. The van der Waals surface area contributed by atoms with Crippen LogP contribution >= 0.6 is 11.8 Å². The first kappa shape index (κ1) is 17.0. The van der Waals surface area contributed by atoms with E-state index in [2.05, 4.69) is 11.6 Å². The molecule has 1 aromatic rings. The number of sulfone groups is 1. The van der Waals surface area contributed by atoms with E-state index in [4.69, 9.17) is 0 Å². The smallest absolute Gasteiger partial charge is 0.255 e. The molecule has 5 nitrogen and oxygen atoms in total. The summed E-state index contributed by atoms with van der Waals surface area (Å²) in [6.45, 7) is 6.04. The quantitative estimate of drug-likeness (QED) is 0.585. The molecule has 2 rings (SSSR count). The van der Waals surface area contributed by atoms with Gasteiger partial charge in [0.15, 0.2) is 9.84 Å². The van der Waals surface area contributed by atoms with E-state index < -0.39 is 9.84 Å². The van der Waals surface area contributed by atoms with Gasteiger partial charge in [-0.1, -0.05) is 13.0 Å². The number of hydrogen-bond acceptors (Lipinski definition) is 5. The van der Waals surface area contributed by atoms with E-state index in [0.29, 0.717) is 18.5 Å². The van der Waals surface area contributed by atoms with Crippen molar-refractivity contribution in [2.75, 3.05) is 23.8 Å². The van der Waals surface area contributed by atoms with E-state index in [9.17, 15) is 13.2 Å². The molecule has 7 heteroatoms. The second-order valence-corrected chi connectivity index (χ2v) is 8.63. The Kier molecular flexibility index (Phi) is 5.63. The number of carbonyl (C=O) groups excluding carboxylic acids is 1. The summed E-state index contributed by atoms with van der Waals surface area (Å²) in [5, 5.41) is 0.873. The van der Waals surface area contributed by atoms with Crippen molar-refractivity contribution < 1.29 is 13.2 Å². The summed E-state index contributed by atoms with van der Waals surface area (Å²) in [5.41, 5.74) is 0.478. The molecule has 120 valence electrons. The summed E-state index contributed by atoms with van der Waals surface area (Å²) in [4.78, 5) is 18.5. The van der Waals surface area contributed by atoms with E-state index in [1.807, 2.05) is 13.0 Å². The third kappa shape index (κ3) is 4.10. The van der Waals surface area contributed by atoms with Gasteiger partial charge in [-0.2, -0.15) is 0 Å². The van der Waals surface area contributed by atoms with Crippen molar-refractivity contribution in [2.45, 2.75) is 24.4 Å². The Morgan fingerprint density at radius 1 is 1.55 bits per heavy atom. The summed E-state index contributed by atoms with van der Waals surface area (Å²) in [6, 6.07) is 3.28. The first-order valence-corrected chi connectivity index (χ1v) is 9.98. The summed E-state index contributed by atoms with van der Waals surface area (Å²) in [5.74, 6) is 0.901. The van der Waals surface area contributed by atoms with Crippen LogP contribution in [0.5, 0.6) is 0 Å². The van der Waals surface area contributed by atoms with Gasteiger partial charge in [0.2, 0.25) is 0 Å². The topological polar surface area (TPSA) is 67.3 Å². The van der Waals surface area contributed by atoms with E-state index in [0.717, 1.165) is 10.8 Å². The summed E-state index contributed by atoms with van der Waals surface area (Å²) < 4.78 is 23.3. The van der Waals surface area contributed by atoms with E-state index in [1.54, 1.807) is 35.0 Å². The van der Waals surface area contributed by atoms with Crippen LogP contribution in [0.2, 0.25) is 0 Å². The lowest BCUT2D eigenvalue weighted by Gasteiger charge is -2.27. The number of hydrogen-bond donors (Lipinski definition) is 0. The van der Waals surface area contributed by atoms with Crippen molar-refractivity contribution in [3.05, 3.63) is 36.5 Å². The molecule has 22 heavy (non-hydrogen) atoms. The Hall–Kier alpha value is -1.34. The molecule has 0 N–H and O–H groups in total. The highest BCUT2D eigenvalue weighted by molar-refractivity contribution is 7.99. The molecular weight excluding hydrogens is 320 g/mol. The Labute approximate surface area is 135 Å². The highest BCUT2D eigenvalue weighted by atomic mass is 32.2. The van der Waals surface area contributed by atoms with Crippen molar-refractivity contribution in [3.63, 3.8) is 0 Å². The van der Waals surface area contributed by atoms with Crippen LogP contribution < -0.4 is 0 Å². The molecule has 0 bridgehead atoms. The van der Waals surface area contributed by atoms with Crippen LogP contribution in [0.4, 0.5) is 0 Å². The van der Waals surface area contributed by atoms with Gasteiger partial charge in [0, 0.05) is 18.8 Å². The molecule has 1 amide bonds. The van der Waals surface area contributed by atoms with Gasteiger partial charge in [-0.15, -0.1) is 18.3 Å². The predicted molar refractivity (Wildman–Crippen MR) is 88.9 cm³/mol. The third-order valence-corrected chi connectivity index (χ3v) is 6.09. The zero-order valence-electron chi connectivity index (χ0n) is 12.6. The first-order valence-electron chi connectivity index (χ1n) is 7.18. The summed E-state index contributed by atoms with van der Waals surface area (Å²) >= 11 is 1.61. The van der Waals surface area contributed by atoms with E-state index in [1.165, 1.54) is 0 Å². The maximum absolute atomic E-state index is 12.6. The Morgan fingerprint density at radius 2 is 2.32 bits per heavy atom. The van der Waals surface area contributed by atoms with Gasteiger partial charge in [-0.25, -0.2) is 13.4 Å². The highest BCUT2D eigenvalue weighted by Crippen LogP contribution is 2.21. The number of amides is 1. The monoisotopic (exact) mass is 340 g/mol. The fourth-order valence-electron chi connectivity index (χ4n) is 2.46. The summed E-state index contributed by atoms with van der Waals surface area (Å²) in [6.07, 6.45) is 3.66. The van der Waals surface area contributed by atoms with Crippen LogP contribution in [-0.2, 0) is 9.84 Å². The first-order chi connectivity index (χ1) is 10.5. The predicted octanol–water partition coefficient (Wildman–Crippen LogP) is 2.01. The minimum atomic E-state index is -3.04. The van der Waals surface area contributed by atoms with E-state index >= 15 is 0 Å². The zero-order chi connectivity index (χ0) is 16.2. The lowest BCUT2D eigenvalue weighted by Crippen LogP contribution is -2.41. The zero-order valence-corrected chi connectivity index (χ0v) is 14.2. The van der Waals surface area contributed by atoms with Crippen molar-refractivity contribution in [2.24, 2.45) is 0 Å². The molecule has 2 heterocycles. The standard InChI is InChI=1S/C15H20N2O3S2/c1-3-8-17(13-7-9-22(19,20)11-13)15(18)12-5-6-14(16-10-12)21-4-2/h3,5-6,10,13H,1,4,7-9,11H2,2H3/t13-/m1/s1. The molecule has 1 fully saturated rings. The number of rotatable bonds is 6. The molecule has 0 spiro atoms. The molecule has 1 aliphatic heterocycles. The molecule has 0 aromatic carbocycles. The van der Waals surface area contributed by atoms with Gasteiger partial charge in [-0.3, -0.25) is 4.79 Å². The lowest BCUT2D eigenvalue weighted by atomic mass is 10.1. The lowest BCUT2D eigenvalue weighted by molar-refractivity contribution is 0.0720. The summed E-state index contributed by atoms with van der Waals surface area (Å²) in [7, 11) is -3.04. The van der Waals surface area contributed by atoms with Crippen molar-refractivity contribution in [3.8, 4) is 0 Å². The molecule has 0 radical (unpaired) electrons. The van der Waals surface area contributed by atoms with Gasteiger partial charge in [-0.05, 0) is 24.3 Å². The average molecular weight is 340 g/mol. The van der Waals surface area contributed by atoms with Crippen LogP contribution in [0.15, 0.2) is 36.0 Å². The van der Waals surface area contributed by atoms with Gasteiger partial charge < -0.3 is 4.90 Å². The Balaban J connectivity index is 2.17. The number of thioether (sulfide) groups is 1. The number of carbonyl (C=O) groups is 1. The van der Waals surface area contributed by atoms with Gasteiger partial charge in [0.1, 0.15) is 0 Å². The third-order valence-electron chi connectivity index (χ3n) is 3.51. The largest absolute Gasteiger partial charge is 0.331 e. The van der Waals surface area contributed by atoms with Gasteiger partial charge >= 0.3 is 0 Å². The van der Waals surface area contributed by atoms with Crippen LogP contribution in [0.1, 0.15) is 23.7 Å². The van der Waals surface area contributed by atoms with E-state index in [-0.39, 0.29) is 23.5 Å². The van der Waals surface area contributed by atoms with Gasteiger partial charge in [0.05, 0.1) is 22.1 Å². The minimum absolute atomic E-state index is 0.0315. The maximum atomic E-state index is 12.6. The van der Waals surface area contributed by atoms with Crippen LogP contribution in [0.3, 0.4) is 0 Å². The number of aromatic nitrogens is 1. The molecule has 1 atom stereocenters. The Bertz CT molecular complexity index is 641. The van der Waals surface area contributed by atoms with Crippen molar-refractivity contribution in [1.29, 1.82) is 0 Å². The van der Waals surface area contributed by atoms with Crippen LogP contribution in [0.25, 0.3) is 0 Å². The fourth-order valence-corrected chi connectivity index (χ4v) is 4.78. The molecular formula is C15H20N2O3S2. The molecule has 0 saturated carbocycles. The SMILES string of the molecule is C=CCN(C(=O)c1ccc(SCC)nc1)[C@@H]1CCS(=O)(=O)C1. The second kappa shape index (κ2) is 7.28.